The fourth-order valence-electron chi connectivity index (χ4n) is 2.22. The molecule has 1 aromatic carbocycles. The van der Waals surface area contributed by atoms with Gasteiger partial charge in [-0.15, -0.1) is 11.8 Å². The highest BCUT2D eigenvalue weighted by molar-refractivity contribution is 7.99. The third-order valence-electron chi connectivity index (χ3n) is 4.23. The van der Waals surface area contributed by atoms with Crippen LogP contribution in [-0.2, 0) is 5.75 Å². The molecule has 14 heteroatoms. The molecule has 178 valence electrons. The van der Waals surface area contributed by atoms with Crippen LogP contribution in [-0.4, -0.2) is 41.0 Å². The molecule has 1 aromatic rings. The molecule has 0 aliphatic heterocycles. The molecule has 0 fully saturated rings. The maximum absolute atomic E-state index is 14.1. The number of thioether (sulfide) groups is 1. The highest BCUT2D eigenvalue weighted by atomic mass is 32.2. The van der Waals surface area contributed by atoms with E-state index in [4.69, 9.17) is 0 Å². The second-order valence-corrected chi connectivity index (χ2v) is 7.60. The van der Waals surface area contributed by atoms with Crippen molar-refractivity contribution in [3.05, 3.63) is 42.0 Å². The zero-order valence-corrected chi connectivity index (χ0v) is 16.0. The molecule has 0 nitrogen and oxygen atoms in total. The molecule has 0 radical (unpaired) electrons. The summed E-state index contributed by atoms with van der Waals surface area (Å²) < 4.78 is 171. The molecule has 0 bridgehead atoms. The monoisotopic (exact) mass is 496 g/mol. The molecule has 0 aromatic heterocycles. The van der Waals surface area contributed by atoms with Crippen LogP contribution in [0.1, 0.15) is 18.1 Å². The zero-order valence-electron chi connectivity index (χ0n) is 15.2. The average Bonchev–Trinajstić information content (AvgIpc) is 2.64. The Labute approximate surface area is 171 Å². The Hall–Kier alpha value is -1.60. The molecule has 1 rings (SSSR count). The standard InChI is InChI=1S/C17H13F13S/c1-3-10-6-4-5-7-11(10)8-31-9(2)12(18,19)13(20,21)14(22,23)15(24,25)16(26,27)17(28,29)30/h3-7,9H,1,8H2,2H3. The Bertz CT molecular complexity index is 782. The lowest BCUT2D eigenvalue weighted by Crippen LogP contribution is -2.71. The van der Waals surface area contributed by atoms with Crippen molar-refractivity contribution < 1.29 is 57.1 Å². The molecular formula is C17H13F13S. The van der Waals surface area contributed by atoms with Crippen molar-refractivity contribution in [2.45, 2.75) is 53.7 Å². The third-order valence-corrected chi connectivity index (χ3v) is 5.51. The van der Waals surface area contributed by atoms with Crippen molar-refractivity contribution >= 4 is 17.8 Å². The van der Waals surface area contributed by atoms with Gasteiger partial charge in [-0.3, -0.25) is 0 Å². The summed E-state index contributed by atoms with van der Waals surface area (Å²) in [7, 11) is 0. The van der Waals surface area contributed by atoms with Crippen LogP contribution in [0.4, 0.5) is 57.1 Å². The largest absolute Gasteiger partial charge is 0.460 e. The molecular weight excluding hydrogens is 483 g/mol. The van der Waals surface area contributed by atoms with Crippen LogP contribution in [0, 0.1) is 0 Å². The maximum atomic E-state index is 14.1. The van der Waals surface area contributed by atoms with E-state index in [1.165, 1.54) is 30.3 Å². The second-order valence-electron chi connectivity index (χ2n) is 6.27. The van der Waals surface area contributed by atoms with E-state index in [9.17, 15) is 57.1 Å². The number of halogens is 13. The van der Waals surface area contributed by atoms with Gasteiger partial charge in [-0.05, 0) is 18.1 Å². The lowest BCUT2D eigenvalue weighted by Gasteiger charge is -2.41. The average molecular weight is 496 g/mol. The van der Waals surface area contributed by atoms with Gasteiger partial charge in [-0.2, -0.15) is 57.1 Å². The fourth-order valence-corrected chi connectivity index (χ4v) is 3.27. The first-order chi connectivity index (χ1) is 13.7. The van der Waals surface area contributed by atoms with Crippen LogP contribution in [0.2, 0.25) is 0 Å². The minimum atomic E-state index is -7.88. The van der Waals surface area contributed by atoms with Crippen molar-refractivity contribution in [1.29, 1.82) is 0 Å². The molecule has 0 amide bonds. The lowest BCUT2D eigenvalue weighted by molar-refractivity contribution is -0.439. The quantitative estimate of drug-likeness (QED) is 0.316. The zero-order chi connectivity index (χ0) is 24.7. The summed E-state index contributed by atoms with van der Waals surface area (Å²) in [6.45, 7) is 3.60. The molecule has 1 unspecified atom stereocenters. The van der Waals surface area contributed by atoms with Crippen LogP contribution in [0.25, 0.3) is 6.08 Å². The van der Waals surface area contributed by atoms with Gasteiger partial charge in [0.15, 0.2) is 0 Å². The second kappa shape index (κ2) is 8.39. The highest BCUT2D eigenvalue weighted by Gasteiger charge is 2.91. The van der Waals surface area contributed by atoms with Gasteiger partial charge < -0.3 is 0 Å². The number of alkyl halides is 13. The van der Waals surface area contributed by atoms with E-state index in [2.05, 4.69) is 6.58 Å². The number of benzene rings is 1. The number of hydrogen-bond acceptors (Lipinski definition) is 1. The van der Waals surface area contributed by atoms with Crippen LogP contribution < -0.4 is 0 Å². The van der Waals surface area contributed by atoms with Crippen molar-refractivity contribution in [2.75, 3.05) is 0 Å². The molecule has 0 heterocycles. The maximum Gasteiger partial charge on any atom is 0.460 e. The smallest absolute Gasteiger partial charge is 0.198 e. The molecule has 0 N–H and O–H groups in total. The minimum Gasteiger partial charge on any atom is -0.198 e. The first-order valence-electron chi connectivity index (χ1n) is 7.97. The SMILES string of the molecule is C=Cc1ccccc1CSC(C)C(F)(F)C(F)(F)C(F)(F)C(F)(F)C(F)(F)C(F)(F)F. The summed E-state index contributed by atoms with van der Waals surface area (Å²) >= 11 is -0.133. The van der Waals surface area contributed by atoms with Gasteiger partial charge in [0.2, 0.25) is 0 Å². The molecule has 31 heavy (non-hydrogen) atoms. The predicted octanol–water partition coefficient (Wildman–Crippen LogP) is 7.69. The Morgan fingerprint density at radius 1 is 0.774 bits per heavy atom. The Morgan fingerprint density at radius 3 is 1.68 bits per heavy atom. The van der Waals surface area contributed by atoms with Gasteiger partial charge in [0.05, 0.1) is 5.25 Å². The summed E-state index contributed by atoms with van der Waals surface area (Å²) in [5.74, 6) is -37.3. The molecule has 1 atom stereocenters. The van der Waals surface area contributed by atoms with Crippen LogP contribution in [0.5, 0.6) is 0 Å². The molecule has 0 aliphatic rings. The van der Waals surface area contributed by atoms with Crippen LogP contribution in [0.3, 0.4) is 0 Å². The van der Waals surface area contributed by atoms with Gasteiger partial charge in [-0.1, -0.05) is 36.9 Å². The van der Waals surface area contributed by atoms with E-state index in [1.54, 1.807) is 0 Å². The van der Waals surface area contributed by atoms with E-state index < -0.39 is 46.8 Å². The molecule has 0 saturated heterocycles. The van der Waals surface area contributed by atoms with Crippen LogP contribution in [0.15, 0.2) is 30.8 Å². The summed E-state index contributed by atoms with van der Waals surface area (Å²) in [6, 6.07) is 5.63. The van der Waals surface area contributed by atoms with E-state index in [0.29, 0.717) is 5.56 Å². The molecule has 0 spiro atoms. The van der Waals surface area contributed by atoms with Crippen molar-refractivity contribution in [3.63, 3.8) is 0 Å². The Balaban J connectivity index is 3.27. The lowest BCUT2D eigenvalue weighted by atomic mass is 9.93. The van der Waals surface area contributed by atoms with Gasteiger partial charge in [0, 0.05) is 5.75 Å². The van der Waals surface area contributed by atoms with Gasteiger partial charge >= 0.3 is 35.8 Å². The van der Waals surface area contributed by atoms with E-state index in [0.717, 1.165) is 0 Å². The summed E-state index contributed by atoms with van der Waals surface area (Å²) in [6.07, 6.45) is -6.18. The van der Waals surface area contributed by atoms with E-state index in [-0.39, 0.29) is 24.2 Å². The number of rotatable bonds is 9. The van der Waals surface area contributed by atoms with Crippen molar-refractivity contribution in [3.8, 4) is 0 Å². The molecule has 0 saturated carbocycles. The first-order valence-corrected chi connectivity index (χ1v) is 9.02. The van der Waals surface area contributed by atoms with Crippen LogP contribution >= 0.6 is 11.8 Å². The van der Waals surface area contributed by atoms with Gasteiger partial charge in [0.25, 0.3) is 0 Å². The van der Waals surface area contributed by atoms with Crippen molar-refractivity contribution in [2.24, 2.45) is 0 Å². The predicted molar refractivity (Wildman–Crippen MR) is 88.1 cm³/mol. The summed E-state index contributed by atoms with van der Waals surface area (Å²) in [4.78, 5) is 0. The highest BCUT2D eigenvalue weighted by Crippen LogP contribution is 2.61. The number of hydrogen-bond donors (Lipinski definition) is 0. The summed E-state index contributed by atoms with van der Waals surface area (Å²) in [5.41, 5.74) is 0.535. The van der Waals surface area contributed by atoms with E-state index >= 15 is 0 Å². The first kappa shape index (κ1) is 27.4. The van der Waals surface area contributed by atoms with Gasteiger partial charge in [0.1, 0.15) is 0 Å². The Morgan fingerprint density at radius 2 is 1.23 bits per heavy atom. The normalized spacial score (nSPS) is 15.7. The summed E-state index contributed by atoms with van der Waals surface area (Å²) in [5, 5.41) is -2.90. The third kappa shape index (κ3) is 4.36. The van der Waals surface area contributed by atoms with Gasteiger partial charge in [-0.25, -0.2) is 0 Å². The fraction of sp³-hybridized carbons (Fsp3) is 0.529. The van der Waals surface area contributed by atoms with E-state index in [1.807, 2.05) is 0 Å². The molecule has 0 aliphatic carbocycles. The Kier molecular flexibility index (Phi) is 7.43. The minimum absolute atomic E-state index is 0.133. The van der Waals surface area contributed by atoms with Crippen molar-refractivity contribution in [1.82, 2.24) is 0 Å². The topological polar surface area (TPSA) is 0 Å².